The number of halogens is 1. The third kappa shape index (κ3) is 5.03. The van der Waals surface area contributed by atoms with Crippen LogP contribution < -0.4 is 10.1 Å². The first-order chi connectivity index (χ1) is 16.0. The molecule has 0 aromatic heterocycles. The van der Waals surface area contributed by atoms with Gasteiger partial charge in [-0.2, -0.15) is 0 Å². The molecular weight excluding hydrogens is 423 g/mol. The van der Waals surface area contributed by atoms with Crippen molar-refractivity contribution >= 4 is 11.8 Å². The topological polar surface area (TPSA) is 67.9 Å². The van der Waals surface area contributed by atoms with Crippen molar-refractivity contribution in [2.75, 3.05) is 40.0 Å². The number of nitrogens with one attached hydrogen (secondary N) is 1. The highest BCUT2D eigenvalue weighted by Crippen LogP contribution is 2.36. The number of hydrogen-bond acceptors (Lipinski definition) is 4. The summed E-state index contributed by atoms with van der Waals surface area (Å²) in [5, 5.41) is 3.19. The lowest BCUT2D eigenvalue weighted by Gasteiger charge is -2.37. The fourth-order valence-electron chi connectivity index (χ4n) is 4.83. The number of ether oxygens (including phenoxy) is 2. The molecule has 0 atom stereocenters. The van der Waals surface area contributed by atoms with Crippen molar-refractivity contribution in [3.05, 3.63) is 65.5 Å². The van der Waals surface area contributed by atoms with Crippen LogP contribution in [-0.2, 0) is 14.9 Å². The number of amides is 2. The Bertz CT molecular complexity index is 965. The van der Waals surface area contributed by atoms with Gasteiger partial charge in [0.2, 0.25) is 5.91 Å². The van der Waals surface area contributed by atoms with Crippen molar-refractivity contribution in [3.63, 3.8) is 0 Å². The van der Waals surface area contributed by atoms with E-state index in [0.717, 1.165) is 24.2 Å². The number of hydrogen-bond donors (Lipinski definition) is 1. The Morgan fingerprint density at radius 3 is 2.39 bits per heavy atom. The maximum atomic E-state index is 14.0. The van der Waals surface area contributed by atoms with E-state index in [1.165, 1.54) is 12.1 Å². The standard InChI is InChI=1S/C26H31FN2O4/c1-32-21-8-6-20(7-9-21)26(12-16-33-17-13-26)25(31)28-18-19-10-14-29(15-11-19)24(30)22-4-2-3-5-23(22)27/h2-9,19H,10-18H2,1H3,(H,28,31). The van der Waals surface area contributed by atoms with E-state index in [1.54, 1.807) is 24.1 Å². The van der Waals surface area contributed by atoms with E-state index in [1.807, 2.05) is 24.3 Å². The second kappa shape index (κ2) is 10.3. The number of piperidine rings is 1. The fraction of sp³-hybridized carbons (Fsp3) is 0.462. The zero-order chi connectivity index (χ0) is 23.3. The number of rotatable bonds is 6. The van der Waals surface area contributed by atoms with Gasteiger partial charge < -0.3 is 19.7 Å². The lowest BCUT2D eigenvalue weighted by atomic mass is 9.73. The van der Waals surface area contributed by atoms with Crippen LogP contribution in [0.3, 0.4) is 0 Å². The lowest BCUT2D eigenvalue weighted by molar-refractivity contribution is -0.130. The van der Waals surface area contributed by atoms with Gasteiger partial charge in [0, 0.05) is 32.8 Å². The molecule has 4 rings (SSSR count). The van der Waals surface area contributed by atoms with Crippen molar-refractivity contribution in [1.29, 1.82) is 0 Å². The van der Waals surface area contributed by atoms with Gasteiger partial charge in [0.15, 0.2) is 0 Å². The molecule has 176 valence electrons. The average Bonchev–Trinajstić information content (AvgIpc) is 2.88. The van der Waals surface area contributed by atoms with Gasteiger partial charge >= 0.3 is 0 Å². The molecule has 2 aliphatic rings. The van der Waals surface area contributed by atoms with Gasteiger partial charge in [0.25, 0.3) is 5.91 Å². The highest BCUT2D eigenvalue weighted by molar-refractivity contribution is 5.94. The number of carbonyl (C=O) groups excluding carboxylic acids is 2. The van der Waals surface area contributed by atoms with E-state index in [9.17, 15) is 14.0 Å². The molecule has 0 radical (unpaired) electrons. The molecule has 0 saturated carbocycles. The van der Waals surface area contributed by atoms with Gasteiger partial charge in [-0.25, -0.2) is 4.39 Å². The summed E-state index contributed by atoms with van der Waals surface area (Å²) in [6.45, 7) is 2.79. The molecule has 2 fully saturated rings. The monoisotopic (exact) mass is 454 g/mol. The summed E-state index contributed by atoms with van der Waals surface area (Å²) in [7, 11) is 1.63. The van der Waals surface area contributed by atoms with Crippen LogP contribution in [-0.4, -0.2) is 56.7 Å². The Morgan fingerprint density at radius 1 is 1.09 bits per heavy atom. The van der Waals surface area contributed by atoms with E-state index in [-0.39, 0.29) is 23.3 Å². The number of nitrogens with zero attached hydrogens (tertiary/aromatic N) is 1. The maximum Gasteiger partial charge on any atom is 0.256 e. The molecule has 0 aliphatic carbocycles. The Balaban J connectivity index is 1.35. The van der Waals surface area contributed by atoms with Crippen molar-refractivity contribution in [3.8, 4) is 5.75 Å². The van der Waals surface area contributed by atoms with E-state index < -0.39 is 11.2 Å². The highest BCUT2D eigenvalue weighted by atomic mass is 19.1. The SMILES string of the molecule is COc1ccc(C2(C(=O)NCC3CCN(C(=O)c4ccccc4F)CC3)CCOCC2)cc1. The molecule has 2 aliphatic heterocycles. The van der Waals surface area contributed by atoms with Crippen LogP contribution in [0.5, 0.6) is 5.75 Å². The summed E-state index contributed by atoms with van der Waals surface area (Å²) in [5.41, 5.74) is 0.492. The van der Waals surface area contributed by atoms with Gasteiger partial charge in [-0.15, -0.1) is 0 Å². The van der Waals surface area contributed by atoms with Crippen LogP contribution in [0.15, 0.2) is 48.5 Å². The quantitative estimate of drug-likeness (QED) is 0.725. The van der Waals surface area contributed by atoms with E-state index in [2.05, 4.69) is 5.32 Å². The van der Waals surface area contributed by atoms with Gasteiger partial charge in [-0.05, 0) is 61.4 Å². The largest absolute Gasteiger partial charge is 0.497 e. The molecular formula is C26H31FN2O4. The van der Waals surface area contributed by atoms with Crippen molar-refractivity contribution < 1.29 is 23.5 Å². The van der Waals surface area contributed by atoms with Crippen LogP contribution in [0.25, 0.3) is 0 Å². The van der Waals surface area contributed by atoms with Crippen LogP contribution in [0.4, 0.5) is 4.39 Å². The lowest BCUT2D eigenvalue weighted by Crippen LogP contribution is -2.50. The van der Waals surface area contributed by atoms with Gasteiger partial charge in [-0.1, -0.05) is 24.3 Å². The molecule has 0 unspecified atom stereocenters. The Labute approximate surface area is 194 Å². The Kier molecular flexibility index (Phi) is 7.28. The van der Waals surface area contributed by atoms with Crippen LogP contribution >= 0.6 is 0 Å². The molecule has 2 aromatic carbocycles. The maximum absolute atomic E-state index is 14.0. The van der Waals surface area contributed by atoms with Gasteiger partial charge in [0.1, 0.15) is 11.6 Å². The highest BCUT2D eigenvalue weighted by Gasteiger charge is 2.42. The Hall–Kier alpha value is -2.93. The predicted molar refractivity (Wildman–Crippen MR) is 123 cm³/mol. The van der Waals surface area contributed by atoms with E-state index >= 15 is 0 Å². The van der Waals surface area contributed by atoms with Gasteiger partial charge in [-0.3, -0.25) is 9.59 Å². The molecule has 1 N–H and O–H groups in total. The first kappa shape index (κ1) is 23.2. The first-order valence-electron chi connectivity index (χ1n) is 11.6. The molecule has 7 heteroatoms. The third-order valence-corrected chi connectivity index (χ3v) is 6.98. The molecule has 0 bridgehead atoms. The molecule has 2 amide bonds. The van der Waals surface area contributed by atoms with Crippen molar-refractivity contribution in [2.45, 2.75) is 31.1 Å². The minimum absolute atomic E-state index is 0.0285. The molecule has 2 heterocycles. The van der Waals surface area contributed by atoms with Crippen LogP contribution in [0.2, 0.25) is 0 Å². The van der Waals surface area contributed by atoms with Crippen LogP contribution in [0.1, 0.15) is 41.6 Å². The summed E-state index contributed by atoms with van der Waals surface area (Å²) in [5.74, 6) is 0.318. The van der Waals surface area contributed by atoms with Crippen molar-refractivity contribution in [2.24, 2.45) is 5.92 Å². The third-order valence-electron chi connectivity index (χ3n) is 6.98. The molecule has 2 aromatic rings. The average molecular weight is 455 g/mol. The van der Waals surface area contributed by atoms with Crippen LogP contribution in [0, 0.1) is 11.7 Å². The Morgan fingerprint density at radius 2 is 1.76 bits per heavy atom. The zero-order valence-electron chi connectivity index (χ0n) is 19.0. The van der Waals surface area contributed by atoms with E-state index in [0.29, 0.717) is 45.7 Å². The summed E-state index contributed by atoms with van der Waals surface area (Å²) >= 11 is 0. The van der Waals surface area contributed by atoms with E-state index in [4.69, 9.17) is 9.47 Å². The zero-order valence-corrected chi connectivity index (χ0v) is 19.0. The summed E-state index contributed by atoms with van der Waals surface area (Å²) in [4.78, 5) is 27.8. The minimum atomic E-state index is -0.605. The molecule has 0 spiro atoms. The summed E-state index contributed by atoms with van der Waals surface area (Å²) in [6.07, 6.45) is 2.83. The molecule has 33 heavy (non-hydrogen) atoms. The normalized spacial score (nSPS) is 18.5. The first-order valence-corrected chi connectivity index (χ1v) is 11.6. The number of carbonyl (C=O) groups is 2. The summed E-state index contributed by atoms with van der Waals surface area (Å²) in [6, 6.07) is 13.8. The number of benzene rings is 2. The van der Waals surface area contributed by atoms with Crippen molar-refractivity contribution in [1.82, 2.24) is 10.2 Å². The smallest absolute Gasteiger partial charge is 0.256 e. The van der Waals surface area contributed by atoms with Gasteiger partial charge in [0.05, 0.1) is 18.1 Å². The molecule has 2 saturated heterocycles. The number of likely N-dealkylation sites (tertiary alicyclic amines) is 1. The second-order valence-electron chi connectivity index (χ2n) is 8.85. The predicted octanol–water partition coefficient (Wildman–Crippen LogP) is 3.55. The minimum Gasteiger partial charge on any atom is -0.497 e. The number of methoxy groups -OCH3 is 1. The fourth-order valence-corrected chi connectivity index (χ4v) is 4.83. The molecule has 6 nitrogen and oxygen atoms in total. The second-order valence-corrected chi connectivity index (χ2v) is 8.85. The summed E-state index contributed by atoms with van der Waals surface area (Å²) < 4.78 is 24.8.